The second kappa shape index (κ2) is 9.45. The van der Waals surface area contributed by atoms with E-state index in [1.165, 1.54) is 0 Å². The maximum absolute atomic E-state index is 12.1. The molecule has 0 aromatic heterocycles. The second-order valence-electron chi connectivity index (χ2n) is 5.53. The van der Waals surface area contributed by atoms with Crippen molar-refractivity contribution in [2.45, 2.75) is 20.0 Å². The van der Waals surface area contributed by atoms with E-state index in [1.807, 2.05) is 13.8 Å². The van der Waals surface area contributed by atoms with Gasteiger partial charge in [-0.1, -0.05) is 23.7 Å². The smallest absolute Gasteiger partial charge is 0.276 e. The molecule has 8 heteroatoms. The van der Waals surface area contributed by atoms with E-state index in [4.69, 9.17) is 21.1 Å². The van der Waals surface area contributed by atoms with Crippen molar-refractivity contribution in [3.8, 4) is 11.5 Å². The highest BCUT2D eigenvalue weighted by Crippen LogP contribution is 2.27. The van der Waals surface area contributed by atoms with Gasteiger partial charge in [0.25, 0.3) is 11.8 Å². The zero-order valence-corrected chi connectivity index (χ0v) is 16.6. The van der Waals surface area contributed by atoms with Gasteiger partial charge in [-0.2, -0.15) is 0 Å². The number of hydrogen-bond acceptors (Lipinski definition) is 4. The van der Waals surface area contributed by atoms with Gasteiger partial charge in [0.05, 0.1) is 15.6 Å². The largest absolute Gasteiger partial charge is 0.490 e. The predicted molar refractivity (Wildman–Crippen MR) is 102 cm³/mol. The summed E-state index contributed by atoms with van der Waals surface area (Å²) >= 11 is 9.29. The third-order valence-corrected chi connectivity index (χ3v) is 4.00. The summed E-state index contributed by atoms with van der Waals surface area (Å²) in [4.78, 5) is 23.9. The minimum atomic E-state index is -0.517. The molecule has 0 heterocycles. The first-order valence-electron chi connectivity index (χ1n) is 7.79. The van der Waals surface area contributed by atoms with Crippen LogP contribution in [0.5, 0.6) is 11.5 Å². The zero-order valence-electron chi connectivity index (χ0n) is 14.2. The molecule has 0 saturated carbocycles. The van der Waals surface area contributed by atoms with Gasteiger partial charge >= 0.3 is 0 Å². The van der Waals surface area contributed by atoms with Crippen molar-refractivity contribution in [3.63, 3.8) is 0 Å². The summed E-state index contributed by atoms with van der Waals surface area (Å²) in [6, 6.07) is 11.7. The lowest BCUT2D eigenvalue weighted by atomic mass is 10.2. The molecule has 0 aliphatic rings. The quantitative estimate of drug-likeness (QED) is 0.670. The molecule has 138 valence electrons. The fourth-order valence-electron chi connectivity index (χ4n) is 1.93. The molecule has 2 aromatic rings. The van der Waals surface area contributed by atoms with E-state index in [-0.39, 0.29) is 12.7 Å². The molecule has 0 aliphatic carbocycles. The molecule has 0 saturated heterocycles. The van der Waals surface area contributed by atoms with Crippen molar-refractivity contribution >= 4 is 39.3 Å². The molecule has 2 N–H and O–H groups in total. The van der Waals surface area contributed by atoms with Crippen LogP contribution in [0.15, 0.2) is 46.9 Å². The van der Waals surface area contributed by atoms with E-state index >= 15 is 0 Å². The van der Waals surface area contributed by atoms with Gasteiger partial charge in [-0.25, -0.2) is 0 Å². The highest BCUT2D eigenvalue weighted by Gasteiger charge is 2.12. The summed E-state index contributed by atoms with van der Waals surface area (Å²) in [6.07, 6.45) is 0.0170. The van der Waals surface area contributed by atoms with Crippen LogP contribution in [-0.4, -0.2) is 24.5 Å². The number of para-hydroxylation sites is 1. The van der Waals surface area contributed by atoms with Crippen molar-refractivity contribution in [2.75, 3.05) is 6.61 Å². The SMILES string of the molecule is CC(C)Oc1ccc(C(=O)NNC(=O)COc2ccccc2Cl)cc1Br. The summed E-state index contributed by atoms with van der Waals surface area (Å²) in [5.41, 5.74) is 4.97. The average molecular weight is 442 g/mol. The molecular weight excluding hydrogens is 424 g/mol. The van der Waals surface area contributed by atoms with Crippen LogP contribution in [0, 0.1) is 0 Å². The van der Waals surface area contributed by atoms with Gasteiger partial charge in [0, 0.05) is 5.56 Å². The van der Waals surface area contributed by atoms with Gasteiger partial charge in [0.1, 0.15) is 11.5 Å². The van der Waals surface area contributed by atoms with Crippen LogP contribution in [0.25, 0.3) is 0 Å². The van der Waals surface area contributed by atoms with Crippen LogP contribution < -0.4 is 20.3 Å². The molecule has 6 nitrogen and oxygen atoms in total. The van der Waals surface area contributed by atoms with E-state index in [0.717, 1.165) is 0 Å². The fourth-order valence-corrected chi connectivity index (χ4v) is 2.59. The first-order chi connectivity index (χ1) is 12.4. The van der Waals surface area contributed by atoms with Crippen LogP contribution in [0.3, 0.4) is 0 Å². The van der Waals surface area contributed by atoms with E-state index < -0.39 is 11.8 Å². The van der Waals surface area contributed by atoms with Crippen molar-refractivity contribution in [1.82, 2.24) is 10.9 Å². The van der Waals surface area contributed by atoms with Gasteiger partial charge < -0.3 is 9.47 Å². The van der Waals surface area contributed by atoms with Crippen LogP contribution in [0.4, 0.5) is 0 Å². The van der Waals surface area contributed by atoms with E-state index in [0.29, 0.717) is 26.6 Å². The minimum Gasteiger partial charge on any atom is -0.490 e. The van der Waals surface area contributed by atoms with Crippen LogP contribution in [0.2, 0.25) is 5.02 Å². The molecular formula is C18H18BrClN2O4. The molecule has 0 aliphatic heterocycles. The van der Waals surface area contributed by atoms with Gasteiger partial charge in [0.2, 0.25) is 0 Å². The standard InChI is InChI=1S/C18H18BrClN2O4/c1-11(2)26-15-8-7-12(9-13(15)19)18(24)22-21-17(23)10-25-16-6-4-3-5-14(16)20/h3-9,11H,10H2,1-2H3,(H,21,23)(H,22,24). The lowest BCUT2D eigenvalue weighted by molar-refractivity contribution is -0.123. The van der Waals surface area contributed by atoms with Crippen molar-refractivity contribution < 1.29 is 19.1 Å². The Morgan fingerprint density at radius 1 is 1.12 bits per heavy atom. The lowest BCUT2D eigenvalue weighted by Gasteiger charge is -2.13. The van der Waals surface area contributed by atoms with Crippen LogP contribution in [-0.2, 0) is 4.79 Å². The number of hydrazine groups is 1. The number of halogens is 2. The molecule has 2 amide bonds. The summed E-state index contributed by atoms with van der Waals surface area (Å²) in [7, 11) is 0. The molecule has 0 spiro atoms. The van der Waals surface area contributed by atoms with Gasteiger partial charge in [-0.3, -0.25) is 20.4 Å². The van der Waals surface area contributed by atoms with E-state index in [1.54, 1.807) is 42.5 Å². The first kappa shape index (κ1) is 20.1. The Hall–Kier alpha value is -2.25. The Balaban J connectivity index is 1.85. The second-order valence-corrected chi connectivity index (χ2v) is 6.79. The predicted octanol–water partition coefficient (Wildman–Crippen LogP) is 3.73. The van der Waals surface area contributed by atoms with Gasteiger partial charge in [-0.15, -0.1) is 0 Å². The first-order valence-corrected chi connectivity index (χ1v) is 8.96. The van der Waals surface area contributed by atoms with E-state index in [9.17, 15) is 9.59 Å². The Kier molecular flexibility index (Phi) is 7.29. The van der Waals surface area contributed by atoms with Crippen molar-refractivity contribution in [2.24, 2.45) is 0 Å². The number of amides is 2. The normalized spacial score (nSPS) is 10.3. The Labute approximate surface area is 164 Å². The molecule has 0 fully saturated rings. The number of benzene rings is 2. The van der Waals surface area contributed by atoms with E-state index in [2.05, 4.69) is 26.8 Å². The molecule has 0 radical (unpaired) electrons. The van der Waals surface area contributed by atoms with Crippen LogP contribution >= 0.6 is 27.5 Å². The Bertz CT molecular complexity index is 799. The third-order valence-electron chi connectivity index (χ3n) is 3.07. The molecule has 2 aromatic carbocycles. The van der Waals surface area contributed by atoms with Gasteiger partial charge in [0.15, 0.2) is 6.61 Å². The average Bonchev–Trinajstić information content (AvgIpc) is 2.60. The van der Waals surface area contributed by atoms with Crippen molar-refractivity contribution in [1.29, 1.82) is 0 Å². The minimum absolute atomic E-state index is 0.0170. The Morgan fingerprint density at radius 2 is 1.85 bits per heavy atom. The van der Waals surface area contributed by atoms with Gasteiger partial charge in [-0.05, 0) is 60.1 Å². The third kappa shape index (κ3) is 5.93. The number of carbonyl (C=O) groups is 2. The topological polar surface area (TPSA) is 76.7 Å². The monoisotopic (exact) mass is 440 g/mol. The lowest BCUT2D eigenvalue weighted by Crippen LogP contribution is -2.43. The van der Waals surface area contributed by atoms with Crippen LogP contribution in [0.1, 0.15) is 24.2 Å². The number of ether oxygens (including phenoxy) is 2. The summed E-state index contributed by atoms with van der Waals surface area (Å²) in [5, 5.41) is 0.401. The maximum atomic E-state index is 12.1. The van der Waals surface area contributed by atoms with Crippen molar-refractivity contribution in [3.05, 3.63) is 57.5 Å². The number of carbonyl (C=O) groups excluding carboxylic acids is 2. The maximum Gasteiger partial charge on any atom is 0.276 e. The summed E-state index contributed by atoms with van der Waals surface area (Å²) in [5.74, 6) is 0.0408. The molecule has 2 rings (SSSR count). The molecule has 26 heavy (non-hydrogen) atoms. The highest BCUT2D eigenvalue weighted by atomic mass is 79.9. The fraction of sp³-hybridized carbons (Fsp3) is 0.222. The zero-order chi connectivity index (χ0) is 19.1. The number of rotatable bonds is 6. The number of nitrogens with one attached hydrogen (secondary N) is 2. The Morgan fingerprint density at radius 3 is 2.50 bits per heavy atom. The molecule has 0 unspecified atom stereocenters. The molecule has 0 bridgehead atoms. The molecule has 0 atom stereocenters. The highest BCUT2D eigenvalue weighted by molar-refractivity contribution is 9.10. The summed E-state index contributed by atoms with van der Waals surface area (Å²) in [6.45, 7) is 3.54. The summed E-state index contributed by atoms with van der Waals surface area (Å²) < 4.78 is 11.5. The number of hydrogen-bond donors (Lipinski definition) is 2.